The molecule has 0 unspecified atom stereocenters. The number of aromatic nitrogens is 2. The standard InChI is InChI=1S/C15H19N3O2/c1-2-3-4-11-5-7-12(8-6-11)18-15(20)9-14(19)13(10-16)17-18/h5-9,19H,2-4,10,16H2,1H3. The van der Waals surface area contributed by atoms with Gasteiger partial charge >= 0.3 is 0 Å². The molecule has 0 aliphatic carbocycles. The lowest BCUT2D eigenvalue weighted by Crippen LogP contribution is -2.22. The van der Waals surface area contributed by atoms with Crippen LogP contribution in [-0.4, -0.2) is 14.9 Å². The van der Waals surface area contributed by atoms with Crippen LogP contribution >= 0.6 is 0 Å². The summed E-state index contributed by atoms with van der Waals surface area (Å²) >= 11 is 0. The Morgan fingerprint density at radius 2 is 2.00 bits per heavy atom. The van der Waals surface area contributed by atoms with Crippen LogP contribution in [0.15, 0.2) is 35.1 Å². The number of nitrogens with two attached hydrogens (primary N) is 1. The van der Waals surface area contributed by atoms with E-state index in [1.54, 1.807) is 0 Å². The molecule has 0 saturated carbocycles. The Morgan fingerprint density at radius 3 is 2.60 bits per heavy atom. The van der Waals surface area contributed by atoms with E-state index in [2.05, 4.69) is 12.0 Å². The molecule has 0 aliphatic heterocycles. The van der Waals surface area contributed by atoms with Gasteiger partial charge in [0, 0.05) is 12.6 Å². The molecule has 20 heavy (non-hydrogen) atoms. The van der Waals surface area contributed by atoms with Crippen molar-refractivity contribution in [2.24, 2.45) is 5.73 Å². The van der Waals surface area contributed by atoms with Crippen LogP contribution in [0.25, 0.3) is 5.69 Å². The van der Waals surface area contributed by atoms with Crippen molar-refractivity contribution in [1.29, 1.82) is 0 Å². The average Bonchev–Trinajstić information content (AvgIpc) is 2.46. The van der Waals surface area contributed by atoms with Gasteiger partial charge in [-0.3, -0.25) is 4.79 Å². The van der Waals surface area contributed by atoms with Gasteiger partial charge in [-0.25, -0.2) is 0 Å². The van der Waals surface area contributed by atoms with E-state index in [0.717, 1.165) is 25.3 Å². The van der Waals surface area contributed by atoms with Crippen LogP contribution in [0, 0.1) is 0 Å². The van der Waals surface area contributed by atoms with Crippen molar-refractivity contribution in [2.45, 2.75) is 32.7 Å². The summed E-state index contributed by atoms with van der Waals surface area (Å²) < 4.78 is 1.26. The largest absolute Gasteiger partial charge is 0.506 e. The molecule has 3 N–H and O–H groups in total. The Kier molecular flexibility index (Phi) is 4.53. The summed E-state index contributed by atoms with van der Waals surface area (Å²) in [7, 11) is 0. The van der Waals surface area contributed by atoms with Crippen molar-refractivity contribution < 1.29 is 5.11 Å². The minimum atomic E-state index is -0.374. The van der Waals surface area contributed by atoms with Crippen LogP contribution in [0.2, 0.25) is 0 Å². The first-order chi connectivity index (χ1) is 9.65. The van der Waals surface area contributed by atoms with Crippen molar-refractivity contribution in [3.05, 3.63) is 51.9 Å². The highest BCUT2D eigenvalue weighted by molar-refractivity contribution is 5.35. The van der Waals surface area contributed by atoms with Gasteiger partial charge in [-0.05, 0) is 30.5 Å². The topological polar surface area (TPSA) is 81.1 Å². The molecule has 2 aromatic rings. The summed E-state index contributed by atoms with van der Waals surface area (Å²) in [6, 6.07) is 8.84. The summed E-state index contributed by atoms with van der Waals surface area (Å²) in [5.41, 5.74) is 7.33. The summed E-state index contributed by atoms with van der Waals surface area (Å²) in [6.45, 7) is 2.24. The Balaban J connectivity index is 2.34. The van der Waals surface area contributed by atoms with Gasteiger partial charge in [0.2, 0.25) is 0 Å². The maximum Gasteiger partial charge on any atom is 0.275 e. The van der Waals surface area contributed by atoms with E-state index < -0.39 is 0 Å². The Labute approximate surface area is 117 Å². The minimum Gasteiger partial charge on any atom is -0.506 e. The fourth-order valence-corrected chi connectivity index (χ4v) is 2.00. The van der Waals surface area contributed by atoms with Crippen molar-refractivity contribution >= 4 is 0 Å². The van der Waals surface area contributed by atoms with Gasteiger partial charge in [-0.2, -0.15) is 9.78 Å². The van der Waals surface area contributed by atoms with E-state index >= 15 is 0 Å². The zero-order valence-corrected chi connectivity index (χ0v) is 11.5. The van der Waals surface area contributed by atoms with Crippen LogP contribution in [0.3, 0.4) is 0 Å². The van der Waals surface area contributed by atoms with Crippen LogP contribution in [0.5, 0.6) is 5.75 Å². The van der Waals surface area contributed by atoms with Crippen molar-refractivity contribution in [2.75, 3.05) is 0 Å². The highest BCUT2D eigenvalue weighted by Crippen LogP contribution is 2.13. The first-order valence-corrected chi connectivity index (χ1v) is 6.77. The predicted octanol–water partition coefficient (Wildman–Crippen LogP) is 1.74. The number of unbranched alkanes of at least 4 members (excludes halogenated alkanes) is 1. The number of benzene rings is 1. The predicted molar refractivity (Wildman–Crippen MR) is 78.0 cm³/mol. The van der Waals surface area contributed by atoms with Gasteiger partial charge in [0.1, 0.15) is 11.4 Å². The number of hydrogen-bond donors (Lipinski definition) is 2. The molecule has 5 nitrogen and oxygen atoms in total. The number of aromatic hydroxyl groups is 1. The first-order valence-electron chi connectivity index (χ1n) is 6.77. The number of hydrogen-bond acceptors (Lipinski definition) is 4. The third kappa shape index (κ3) is 3.05. The molecule has 0 amide bonds. The molecule has 0 bridgehead atoms. The second-order valence-electron chi connectivity index (χ2n) is 4.70. The van der Waals surface area contributed by atoms with Crippen LogP contribution in [-0.2, 0) is 13.0 Å². The van der Waals surface area contributed by atoms with Crippen LogP contribution in [0.4, 0.5) is 0 Å². The Hall–Kier alpha value is -2.14. The van der Waals surface area contributed by atoms with E-state index in [0.29, 0.717) is 11.4 Å². The minimum absolute atomic E-state index is 0.0840. The van der Waals surface area contributed by atoms with Gasteiger partial charge in [-0.1, -0.05) is 25.5 Å². The first kappa shape index (κ1) is 14.3. The molecule has 1 aromatic heterocycles. The van der Waals surface area contributed by atoms with Gasteiger partial charge in [0.25, 0.3) is 5.56 Å². The van der Waals surface area contributed by atoms with Crippen molar-refractivity contribution in [3.63, 3.8) is 0 Å². The fraction of sp³-hybridized carbons (Fsp3) is 0.333. The van der Waals surface area contributed by atoms with Gasteiger partial charge in [0.05, 0.1) is 5.69 Å². The lowest BCUT2D eigenvalue weighted by molar-refractivity contribution is 0.457. The molecule has 1 aromatic carbocycles. The van der Waals surface area contributed by atoms with Crippen molar-refractivity contribution in [1.82, 2.24) is 9.78 Å². The highest BCUT2D eigenvalue weighted by Gasteiger charge is 2.08. The van der Waals surface area contributed by atoms with Crippen LogP contribution < -0.4 is 11.3 Å². The molecule has 2 rings (SSSR count). The summed E-state index contributed by atoms with van der Waals surface area (Å²) in [6.07, 6.45) is 3.33. The molecule has 1 heterocycles. The molecular formula is C15H19N3O2. The summed E-state index contributed by atoms with van der Waals surface area (Å²) in [5.74, 6) is -0.159. The van der Waals surface area contributed by atoms with Gasteiger partial charge < -0.3 is 10.8 Å². The number of rotatable bonds is 5. The van der Waals surface area contributed by atoms with Crippen LogP contribution in [0.1, 0.15) is 31.0 Å². The van der Waals surface area contributed by atoms with E-state index in [4.69, 9.17) is 5.73 Å². The maximum absolute atomic E-state index is 11.9. The molecule has 0 spiro atoms. The maximum atomic E-state index is 11.9. The molecule has 106 valence electrons. The third-order valence-corrected chi connectivity index (χ3v) is 3.18. The Bertz CT molecular complexity index is 633. The monoisotopic (exact) mass is 273 g/mol. The summed E-state index contributed by atoms with van der Waals surface area (Å²) in [5, 5.41) is 13.6. The molecule has 0 saturated heterocycles. The second-order valence-corrected chi connectivity index (χ2v) is 4.70. The normalized spacial score (nSPS) is 10.7. The molecular weight excluding hydrogens is 254 g/mol. The average molecular weight is 273 g/mol. The lowest BCUT2D eigenvalue weighted by Gasteiger charge is -2.08. The van der Waals surface area contributed by atoms with Gasteiger partial charge in [-0.15, -0.1) is 0 Å². The zero-order valence-electron chi connectivity index (χ0n) is 11.5. The van der Waals surface area contributed by atoms with Crippen molar-refractivity contribution in [3.8, 4) is 11.4 Å². The fourth-order valence-electron chi connectivity index (χ4n) is 2.00. The lowest BCUT2D eigenvalue weighted by atomic mass is 10.1. The van der Waals surface area contributed by atoms with E-state index in [1.165, 1.54) is 10.2 Å². The molecule has 0 radical (unpaired) electrons. The zero-order chi connectivity index (χ0) is 14.5. The molecule has 5 heteroatoms. The number of aryl methyl sites for hydroxylation is 1. The van der Waals surface area contributed by atoms with Gasteiger partial charge in [0.15, 0.2) is 0 Å². The SMILES string of the molecule is CCCCc1ccc(-n2nc(CN)c(O)cc2=O)cc1. The van der Waals surface area contributed by atoms with E-state index in [9.17, 15) is 9.90 Å². The highest BCUT2D eigenvalue weighted by atomic mass is 16.3. The smallest absolute Gasteiger partial charge is 0.275 e. The molecule has 0 atom stereocenters. The quantitative estimate of drug-likeness (QED) is 0.869. The van der Waals surface area contributed by atoms with E-state index in [-0.39, 0.29) is 17.9 Å². The molecule has 0 fully saturated rings. The second kappa shape index (κ2) is 6.34. The van der Waals surface area contributed by atoms with E-state index in [1.807, 2.05) is 24.3 Å². The summed E-state index contributed by atoms with van der Waals surface area (Å²) in [4.78, 5) is 11.9. The molecule has 0 aliphatic rings. The number of nitrogens with zero attached hydrogens (tertiary/aromatic N) is 2. The Morgan fingerprint density at radius 1 is 1.30 bits per heavy atom. The third-order valence-electron chi connectivity index (χ3n) is 3.18.